The van der Waals surface area contributed by atoms with Gasteiger partial charge in [-0.05, 0) is 67.0 Å². The second-order valence-corrected chi connectivity index (χ2v) is 12.3. The lowest BCUT2D eigenvalue weighted by atomic mass is 9.90. The number of phenolic OH excluding ortho intramolecular Hbond substituents is 1. The summed E-state index contributed by atoms with van der Waals surface area (Å²) in [4.78, 5) is 24.5. The highest BCUT2D eigenvalue weighted by molar-refractivity contribution is 7.80. The van der Waals surface area contributed by atoms with Crippen molar-refractivity contribution < 1.29 is 36.9 Å². The second-order valence-electron chi connectivity index (χ2n) is 11.9. The number of aromatic carboxylic acids is 1. The van der Waals surface area contributed by atoms with Crippen LogP contribution in [0.3, 0.4) is 0 Å². The van der Waals surface area contributed by atoms with Gasteiger partial charge in [-0.25, -0.2) is 4.79 Å². The fourth-order valence-corrected chi connectivity index (χ4v) is 5.75. The van der Waals surface area contributed by atoms with Gasteiger partial charge < -0.3 is 42.7 Å². The molecule has 1 aromatic heterocycles. The van der Waals surface area contributed by atoms with Gasteiger partial charge in [0.25, 0.3) is 0 Å². The first-order valence-corrected chi connectivity index (χ1v) is 15.1. The molecule has 4 N–H and O–H groups in total. The molecule has 2 heterocycles. The number of phenols is 1. The number of aromatic hydroxyl groups is 1. The SMILES string of the molecule is C[N+](C)(Cc1cn(CCCCNC(=S)Nc2ccc(-c3c4ccc(=O)cc-4oc4cc(O)ccc34)c(C(=O)O)c2)nn1)C[B-](F)(F)F. The van der Waals surface area contributed by atoms with E-state index in [4.69, 9.17) is 16.6 Å². The number of nitrogens with one attached hydrogen (secondary N) is 2. The molecular weight excluding hydrogens is 636 g/mol. The Bertz CT molecular complexity index is 1980. The van der Waals surface area contributed by atoms with E-state index in [9.17, 15) is 32.7 Å². The van der Waals surface area contributed by atoms with Crippen molar-refractivity contribution in [3.8, 4) is 28.2 Å². The normalized spacial score (nSPS) is 12.0. The number of quaternary nitrogens is 1. The minimum Gasteiger partial charge on any atom is -0.508 e. The number of anilines is 1. The Morgan fingerprint density at radius 3 is 2.57 bits per heavy atom. The van der Waals surface area contributed by atoms with Crippen LogP contribution in [0.2, 0.25) is 0 Å². The lowest BCUT2D eigenvalue weighted by Crippen LogP contribution is -2.48. The van der Waals surface area contributed by atoms with Crippen molar-refractivity contribution in [1.29, 1.82) is 0 Å². The molecule has 1 aliphatic heterocycles. The van der Waals surface area contributed by atoms with Crippen LogP contribution in [0.1, 0.15) is 28.9 Å². The molecule has 0 amide bonds. The van der Waals surface area contributed by atoms with Crippen molar-refractivity contribution in [3.05, 3.63) is 82.3 Å². The highest BCUT2D eigenvalue weighted by Crippen LogP contribution is 2.42. The zero-order chi connectivity index (χ0) is 33.9. The number of unbranched alkanes of at least 4 members (excludes halogenated alkanes) is 1. The van der Waals surface area contributed by atoms with Gasteiger partial charge in [0, 0.05) is 47.4 Å². The molecule has 0 bridgehead atoms. The van der Waals surface area contributed by atoms with Gasteiger partial charge in [-0.1, -0.05) is 11.3 Å². The highest BCUT2D eigenvalue weighted by atomic mass is 32.1. The Labute approximate surface area is 272 Å². The minimum atomic E-state index is -4.92. The topological polar surface area (TPSA) is 143 Å². The van der Waals surface area contributed by atoms with Gasteiger partial charge in [0.1, 0.15) is 29.3 Å². The Hall–Kier alpha value is -4.96. The van der Waals surface area contributed by atoms with E-state index in [1.807, 2.05) is 0 Å². The highest BCUT2D eigenvalue weighted by Gasteiger charge is 2.34. The van der Waals surface area contributed by atoms with Crippen molar-refractivity contribution in [3.63, 3.8) is 0 Å². The quantitative estimate of drug-likeness (QED) is 0.0456. The number of carboxylic acid groups (broad SMARTS) is 1. The Kier molecular flexibility index (Phi) is 9.54. The summed E-state index contributed by atoms with van der Waals surface area (Å²) in [5.74, 6) is -0.967. The van der Waals surface area contributed by atoms with Gasteiger partial charge in [-0.15, -0.1) is 5.10 Å². The maximum Gasteiger partial charge on any atom is 0.531 e. The van der Waals surface area contributed by atoms with Gasteiger partial charge in [0.05, 0.1) is 32.3 Å². The van der Waals surface area contributed by atoms with Crippen LogP contribution >= 0.6 is 12.2 Å². The van der Waals surface area contributed by atoms with Crippen molar-refractivity contribution in [2.75, 3.05) is 32.4 Å². The van der Waals surface area contributed by atoms with E-state index in [1.54, 1.807) is 35.1 Å². The number of hydrogen-bond donors (Lipinski definition) is 4. The molecule has 0 saturated carbocycles. The summed E-state index contributed by atoms with van der Waals surface area (Å²) in [6.07, 6.45) is 2.17. The Balaban J connectivity index is 1.21. The number of aromatic nitrogens is 3. The molecule has 0 radical (unpaired) electrons. The molecule has 1 aliphatic carbocycles. The summed E-state index contributed by atoms with van der Waals surface area (Å²) >= 11 is 5.41. The molecule has 47 heavy (non-hydrogen) atoms. The number of halogens is 3. The van der Waals surface area contributed by atoms with Crippen LogP contribution in [0.25, 0.3) is 33.4 Å². The fourth-order valence-electron chi connectivity index (χ4n) is 5.53. The molecule has 16 heteroatoms. The van der Waals surface area contributed by atoms with Gasteiger partial charge in [0.15, 0.2) is 10.5 Å². The summed E-state index contributed by atoms with van der Waals surface area (Å²) in [7, 11) is 3.02. The molecule has 0 fully saturated rings. The summed E-state index contributed by atoms with van der Waals surface area (Å²) < 4.78 is 45.8. The monoisotopic (exact) mass is 668 g/mol. The number of hydrogen-bond acceptors (Lipinski definition) is 7. The Morgan fingerprint density at radius 1 is 1.06 bits per heavy atom. The van der Waals surface area contributed by atoms with Crippen molar-refractivity contribution in [2.45, 2.75) is 25.9 Å². The number of nitrogens with zero attached hydrogens (tertiary/aromatic N) is 4. The number of carboxylic acids is 1. The first kappa shape index (κ1) is 33.4. The van der Waals surface area contributed by atoms with E-state index in [-0.39, 0.29) is 44.2 Å². The van der Waals surface area contributed by atoms with Gasteiger partial charge in [0.2, 0.25) is 0 Å². The van der Waals surface area contributed by atoms with Crippen LogP contribution in [0.4, 0.5) is 18.6 Å². The molecule has 0 spiro atoms. The molecule has 2 aliphatic rings. The number of fused-ring (bicyclic) bond motifs is 2. The van der Waals surface area contributed by atoms with Crippen LogP contribution in [-0.2, 0) is 13.1 Å². The van der Waals surface area contributed by atoms with Crippen LogP contribution in [0.5, 0.6) is 5.75 Å². The van der Waals surface area contributed by atoms with E-state index < -0.39 is 19.4 Å². The summed E-state index contributed by atoms with van der Waals surface area (Å²) in [6.45, 7) is -3.76. The molecule has 5 rings (SSSR count). The molecule has 2 aromatic carbocycles. The molecule has 0 atom stereocenters. The number of carbonyl (C=O) groups is 1. The third-order valence-electron chi connectivity index (χ3n) is 7.43. The first-order chi connectivity index (χ1) is 22.2. The molecule has 0 unspecified atom stereocenters. The Morgan fingerprint density at radius 2 is 1.83 bits per heavy atom. The van der Waals surface area contributed by atoms with Crippen molar-refractivity contribution in [1.82, 2.24) is 20.3 Å². The van der Waals surface area contributed by atoms with Gasteiger partial charge in [-0.2, -0.15) is 0 Å². The number of aryl methyl sites for hydroxylation is 1. The predicted molar refractivity (Wildman–Crippen MR) is 176 cm³/mol. The number of thiocarbonyl (C=S) groups is 1. The summed E-state index contributed by atoms with van der Waals surface area (Å²) in [6, 6.07) is 13.6. The lowest BCUT2D eigenvalue weighted by molar-refractivity contribution is -0.895. The van der Waals surface area contributed by atoms with E-state index >= 15 is 0 Å². The molecule has 0 saturated heterocycles. The fraction of sp³-hybridized carbons (Fsp3) is 0.258. The zero-order valence-corrected chi connectivity index (χ0v) is 26.4. The van der Waals surface area contributed by atoms with Crippen LogP contribution in [0, 0.1) is 0 Å². The minimum absolute atomic E-state index is 0.0143. The third kappa shape index (κ3) is 8.45. The standard InChI is InChI=1S/C31H32BF3N6O5S/c1-41(2,18-32(33,34)35)17-20-16-40(39-38-20)12-4-3-11-36-31(47)37-19-5-8-23(26(13-19)30(44)45)29-24-9-6-21(42)14-27(24)46-28-15-22(43)7-10-25(28)29/h5-10,13-16,42H,3-4,11-12,17-18H2,1-2H3,(H,44,45)(H2,36,37,47). The van der Waals surface area contributed by atoms with Crippen molar-refractivity contribution in [2.24, 2.45) is 0 Å². The third-order valence-corrected chi connectivity index (χ3v) is 7.68. The maximum atomic E-state index is 12.9. The second kappa shape index (κ2) is 13.4. The molecular formula is C31H32BF3N6O5S. The van der Waals surface area contributed by atoms with Crippen molar-refractivity contribution >= 4 is 46.9 Å². The largest absolute Gasteiger partial charge is 0.531 e. The number of rotatable bonds is 12. The smallest absolute Gasteiger partial charge is 0.508 e. The van der Waals surface area contributed by atoms with E-state index in [2.05, 4.69) is 20.9 Å². The van der Waals surface area contributed by atoms with Crippen LogP contribution < -0.4 is 16.1 Å². The van der Waals surface area contributed by atoms with E-state index in [0.717, 1.165) is 0 Å². The predicted octanol–water partition coefficient (Wildman–Crippen LogP) is 5.29. The summed E-state index contributed by atoms with van der Waals surface area (Å²) in [5.41, 5.74) is 2.39. The van der Waals surface area contributed by atoms with Gasteiger partial charge >= 0.3 is 12.9 Å². The van der Waals surface area contributed by atoms with Crippen LogP contribution in [-0.4, -0.2) is 74.8 Å². The average Bonchev–Trinajstić information content (AvgIpc) is 3.40. The van der Waals surface area contributed by atoms with E-state index in [0.29, 0.717) is 59.4 Å². The zero-order valence-electron chi connectivity index (χ0n) is 25.5. The molecule has 3 aromatic rings. The maximum absolute atomic E-state index is 12.9. The first-order valence-electron chi connectivity index (χ1n) is 14.7. The van der Waals surface area contributed by atoms with E-state index in [1.165, 1.54) is 44.4 Å². The number of benzene rings is 3. The molecule has 246 valence electrons. The molecule has 11 nitrogen and oxygen atoms in total. The average molecular weight is 669 g/mol. The lowest BCUT2D eigenvalue weighted by Gasteiger charge is -2.33. The summed E-state index contributed by atoms with van der Waals surface area (Å²) in [5, 5.41) is 35.1. The van der Waals surface area contributed by atoms with Crippen LogP contribution in [0.15, 0.2) is 70.0 Å². The van der Waals surface area contributed by atoms with Gasteiger partial charge in [-0.3, -0.25) is 9.48 Å².